The summed E-state index contributed by atoms with van der Waals surface area (Å²) in [6, 6.07) is 21.2. The van der Waals surface area contributed by atoms with Gasteiger partial charge in [0.25, 0.3) is 0 Å². The third-order valence-electron chi connectivity index (χ3n) is 7.32. The molecule has 1 aromatic heterocycles. The minimum absolute atomic E-state index is 0.256. The Morgan fingerprint density at radius 2 is 1.78 bits per heavy atom. The van der Waals surface area contributed by atoms with E-state index < -0.39 is 0 Å². The van der Waals surface area contributed by atoms with Gasteiger partial charge in [0.1, 0.15) is 0 Å². The second kappa shape index (κ2) is 13.4. The summed E-state index contributed by atoms with van der Waals surface area (Å²) >= 11 is 0. The van der Waals surface area contributed by atoms with Crippen molar-refractivity contribution in [1.82, 2.24) is 14.8 Å². The number of rotatable bonds is 12. The minimum Gasteiger partial charge on any atom is -0.504 e. The van der Waals surface area contributed by atoms with Crippen molar-refractivity contribution in [1.29, 1.82) is 0 Å². The van der Waals surface area contributed by atoms with E-state index in [1.165, 1.54) is 11.1 Å². The summed E-state index contributed by atoms with van der Waals surface area (Å²) in [6.45, 7) is 5.23. The normalized spacial score (nSPS) is 15.8. The Labute approximate surface area is 215 Å². The van der Waals surface area contributed by atoms with Crippen LogP contribution < -0.4 is 4.74 Å². The summed E-state index contributed by atoms with van der Waals surface area (Å²) in [7, 11) is 3.37. The zero-order chi connectivity index (χ0) is 25.2. The van der Waals surface area contributed by atoms with Crippen LogP contribution in [0.5, 0.6) is 11.5 Å². The van der Waals surface area contributed by atoms with E-state index in [0.29, 0.717) is 24.3 Å². The first kappa shape index (κ1) is 26.1. The molecule has 192 valence electrons. The number of piperidine rings is 1. The van der Waals surface area contributed by atoms with Crippen molar-refractivity contribution >= 4 is 0 Å². The summed E-state index contributed by atoms with van der Waals surface area (Å²) in [4.78, 5) is 9.40. The van der Waals surface area contributed by atoms with Gasteiger partial charge in [-0.25, -0.2) is 0 Å². The van der Waals surface area contributed by atoms with Gasteiger partial charge in [0.15, 0.2) is 11.5 Å². The Hall–Kier alpha value is -2.93. The van der Waals surface area contributed by atoms with Crippen molar-refractivity contribution < 1.29 is 14.6 Å². The van der Waals surface area contributed by atoms with Gasteiger partial charge in [-0.3, -0.25) is 14.8 Å². The molecule has 0 saturated carbocycles. The van der Waals surface area contributed by atoms with E-state index in [-0.39, 0.29) is 5.75 Å². The Kier molecular flexibility index (Phi) is 9.73. The van der Waals surface area contributed by atoms with Gasteiger partial charge in [-0.15, -0.1) is 0 Å². The van der Waals surface area contributed by atoms with Crippen LogP contribution in [-0.4, -0.2) is 66.4 Å². The van der Waals surface area contributed by atoms with Crippen molar-refractivity contribution in [2.45, 2.75) is 38.4 Å². The molecule has 1 fully saturated rings. The predicted octanol–water partition coefficient (Wildman–Crippen LogP) is 4.77. The van der Waals surface area contributed by atoms with Gasteiger partial charge >= 0.3 is 0 Å². The fourth-order valence-electron chi connectivity index (χ4n) is 5.34. The Morgan fingerprint density at radius 1 is 1.00 bits per heavy atom. The summed E-state index contributed by atoms with van der Waals surface area (Å²) in [6.07, 6.45) is 7.08. The van der Waals surface area contributed by atoms with Crippen LogP contribution in [0.1, 0.15) is 29.5 Å². The fraction of sp³-hybridized carbons (Fsp3) is 0.433. The minimum atomic E-state index is 0.256. The molecule has 2 aromatic carbocycles. The maximum atomic E-state index is 10.5. The van der Waals surface area contributed by atoms with E-state index in [1.807, 2.05) is 30.6 Å². The molecule has 6 nitrogen and oxygen atoms in total. The Morgan fingerprint density at radius 3 is 2.47 bits per heavy atom. The molecule has 1 saturated heterocycles. The second-order valence-electron chi connectivity index (χ2n) is 9.66. The lowest BCUT2D eigenvalue weighted by molar-refractivity contribution is 0.0569. The lowest BCUT2D eigenvalue weighted by Crippen LogP contribution is -2.47. The molecule has 0 aliphatic carbocycles. The average molecular weight is 490 g/mol. The summed E-state index contributed by atoms with van der Waals surface area (Å²) < 4.78 is 10.8. The standard InChI is InChI=1S/C30H39N3O3/c1-35-19-18-33(22-25-10-7-15-31-21-25)28(20-24-8-4-3-5-9-24)26-13-16-32(17-14-26)23-27-11-6-12-29(36-2)30(27)34/h3-12,15,21,26,28,34H,13-14,16-20,22-23H2,1-2H3. The topological polar surface area (TPSA) is 58.1 Å². The molecule has 1 aliphatic heterocycles. The molecule has 1 unspecified atom stereocenters. The van der Waals surface area contributed by atoms with E-state index in [2.05, 4.69) is 51.2 Å². The molecule has 6 heteroatoms. The number of hydrogen-bond donors (Lipinski definition) is 1. The number of nitrogens with zero attached hydrogens (tertiary/aromatic N) is 3. The van der Waals surface area contributed by atoms with Crippen molar-refractivity contribution in [3.8, 4) is 11.5 Å². The van der Waals surface area contributed by atoms with Crippen LogP contribution in [0.15, 0.2) is 73.1 Å². The third kappa shape index (κ3) is 7.06. The first-order chi connectivity index (χ1) is 17.7. The molecule has 1 N–H and O–H groups in total. The van der Waals surface area contributed by atoms with Crippen LogP contribution in [0.25, 0.3) is 0 Å². The van der Waals surface area contributed by atoms with Gasteiger partial charge in [-0.2, -0.15) is 0 Å². The number of aromatic nitrogens is 1. The molecule has 0 amide bonds. The van der Waals surface area contributed by atoms with Gasteiger partial charge in [-0.05, 0) is 61.5 Å². The molecule has 4 rings (SSSR count). The van der Waals surface area contributed by atoms with Gasteiger partial charge in [-0.1, -0.05) is 48.5 Å². The quantitative estimate of drug-likeness (QED) is 0.396. The maximum Gasteiger partial charge on any atom is 0.162 e. The van der Waals surface area contributed by atoms with Crippen molar-refractivity contribution in [3.63, 3.8) is 0 Å². The van der Waals surface area contributed by atoms with E-state index in [1.54, 1.807) is 20.3 Å². The number of methoxy groups -OCH3 is 2. The number of para-hydroxylation sites is 1. The number of phenolic OH excluding ortho intramolecular Hbond substituents is 1. The third-order valence-corrected chi connectivity index (χ3v) is 7.32. The zero-order valence-corrected chi connectivity index (χ0v) is 21.6. The molecule has 2 heterocycles. The average Bonchev–Trinajstić information content (AvgIpc) is 2.93. The largest absolute Gasteiger partial charge is 0.504 e. The fourth-order valence-corrected chi connectivity index (χ4v) is 5.34. The summed E-state index contributed by atoms with van der Waals surface area (Å²) in [5, 5.41) is 10.5. The van der Waals surface area contributed by atoms with E-state index >= 15 is 0 Å². The number of hydrogen-bond acceptors (Lipinski definition) is 6. The molecular weight excluding hydrogens is 450 g/mol. The van der Waals surface area contributed by atoms with Crippen LogP contribution in [0, 0.1) is 5.92 Å². The van der Waals surface area contributed by atoms with Gasteiger partial charge in [0.2, 0.25) is 0 Å². The number of benzene rings is 2. The Balaban J connectivity index is 1.48. The molecule has 0 radical (unpaired) electrons. The molecule has 0 bridgehead atoms. The number of likely N-dealkylation sites (tertiary alicyclic amines) is 1. The Bertz CT molecular complexity index is 1040. The number of pyridine rings is 1. The number of aromatic hydroxyl groups is 1. The predicted molar refractivity (Wildman–Crippen MR) is 143 cm³/mol. The first-order valence-electron chi connectivity index (χ1n) is 12.9. The van der Waals surface area contributed by atoms with Crippen molar-refractivity contribution in [2.75, 3.05) is 40.5 Å². The smallest absolute Gasteiger partial charge is 0.162 e. The van der Waals surface area contributed by atoms with Crippen molar-refractivity contribution in [2.24, 2.45) is 5.92 Å². The van der Waals surface area contributed by atoms with Crippen LogP contribution in [-0.2, 0) is 24.2 Å². The number of phenols is 1. The highest BCUT2D eigenvalue weighted by Crippen LogP contribution is 2.33. The monoisotopic (exact) mass is 489 g/mol. The highest BCUT2D eigenvalue weighted by atomic mass is 16.5. The second-order valence-corrected chi connectivity index (χ2v) is 9.66. The van der Waals surface area contributed by atoms with Gasteiger partial charge < -0.3 is 14.6 Å². The molecule has 0 spiro atoms. The molecule has 1 atom stereocenters. The van der Waals surface area contributed by atoms with Crippen LogP contribution in [0.2, 0.25) is 0 Å². The van der Waals surface area contributed by atoms with Crippen LogP contribution in [0.4, 0.5) is 0 Å². The SMILES string of the molecule is COCCN(Cc1cccnc1)C(Cc1ccccc1)C1CCN(Cc2cccc(OC)c2O)CC1. The highest BCUT2D eigenvalue weighted by Gasteiger charge is 2.31. The van der Waals surface area contributed by atoms with Crippen LogP contribution in [0.3, 0.4) is 0 Å². The first-order valence-corrected chi connectivity index (χ1v) is 12.9. The molecule has 3 aromatic rings. The molecule has 1 aliphatic rings. The van der Waals surface area contributed by atoms with Crippen molar-refractivity contribution in [3.05, 3.63) is 89.7 Å². The molecule has 36 heavy (non-hydrogen) atoms. The molecular formula is C30H39N3O3. The maximum absolute atomic E-state index is 10.5. The highest BCUT2D eigenvalue weighted by molar-refractivity contribution is 5.45. The summed E-state index contributed by atoms with van der Waals surface area (Å²) in [5.41, 5.74) is 3.53. The van der Waals surface area contributed by atoms with E-state index in [9.17, 15) is 5.11 Å². The summed E-state index contributed by atoms with van der Waals surface area (Å²) in [5.74, 6) is 1.37. The van der Waals surface area contributed by atoms with Gasteiger partial charge in [0.05, 0.1) is 13.7 Å². The number of ether oxygens (including phenoxy) is 2. The van der Waals surface area contributed by atoms with E-state index in [0.717, 1.165) is 57.5 Å². The zero-order valence-electron chi connectivity index (χ0n) is 21.6. The lowest BCUT2D eigenvalue weighted by Gasteiger charge is -2.41. The van der Waals surface area contributed by atoms with E-state index in [4.69, 9.17) is 9.47 Å². The lowest BCUT2D eigenvalue weighted by atomic mass is 9.84. The van der Waals surface area contributed by atoms with Crippen LogP contribution >= 0.6 is 0 Å². The van der Waals surface area contributed by atoms with Gasteiger partial charge in [0, 0.05) is 50.7 Å².